The number of hydrogen-bond donors (Lipinski definition) is 2. The van der Waals surface area contributed by atoms with E-state index in [9.17, 15) is 9.59 Å². The molecule has 0 aliphatic heterocycles. The Balaban J connectivity index is 1.84. The maximum atomic E-state index is 12.1. The molecule has 5 nitrogen and oxygen atoms in total. The van der Waals surface area contributed by atoms with E-state index >= 15 is 0 Å². The van der Waals surface area contributed by atoms with Gasteiger partial charge in [0, 0.05) is 17.3 Å². The first-order chi connectivity index (χ1) is 11.5. The van der Waals surface area contributed by atoms with Gasteiger partial charge in [0.05, 0.1) is 6.42 Å². The summed E-state index contributed by atoms with van der Waals surface area (Å²) in [6, 6.07) is 5.82. The number of nitrogens with one attached hydrogen (secondary N) is 2. The van der Waals surface area contributed by atoms with Crippen LogP contribution in [0.15, 0.2) is 23.3 Å². The van der Waals surface area contributed by atoms with Crippen molar-refractivity contribution in [3.63, 3.8) is 0 Å². The molecule has 1 aliphatic rings. The number of hydrogen-bond acceptors (Lipinski definition) is 3. The van der Waals surface area contributed by atoms with Crippen molar-refractivity contribution in [1.29, 1.82) is 0 Å². The van der Waals surface area contributed by atoms with E-state index in [1.807, 2.05) is 32.0 Å². The molecule has 2 amide bonds. The predicted octanol–water partition coefficient (Wildman–Crippen LogP) is 3.70. The van der Waals surface area contributed by atoms with Crippen LogP contribution in [-0.4, -0.2) is 17.5 Å². The van der Waals surface area contributed by atoms with Crippen LogP contribution in [0.5, 0.6) is 0 Å². The maximum Gasteiger partial charge on any atom is 0.243 e. The minimum absolute atomic E-state index is 0.0241. The lowest BCUT2D eigenvalue weighted by Crippen LogP contribution is -2.29. The van der Waals surface area contributed by atoms with Gasteiger partial charge in [-0.3, -0.25) is 9.59 Å². The second-order valence-electron chi connectivity index (χ2n) is 6.63. The van der Waals surface area contributed by atoms with Crippen molar-refractivity contribution in [1.82, 2.24) is 5.43 Å². The number of amides is 2. The lowest BCUT2D eigenvalue weighted by atomic mass is 9.89. The first-order valence-electron chi connectivity index (χ1n) is 8.66. The number of nitrogens with zero attached hydrogens (tertiary/aromatic N) is 1. The van der Waals surface area contributed by atoms with Crippen molar-refractivity contribution in [2.75, 3.05) is 5.32 Å². The Bertz CT molecular complexity index is 631. The van der Waals surface area contributed by atoms with Gasteiger partial charge < -0.3 is 5.32 Å². The van der Waals surface area contributed by atoms with Crippen LogP contribution < -0.4 is 10.7 Å². The van der Waals surface area contributed by atoms with Gasteiger partial charge in [0.25, 0.3) is 0 Å². The Morgan fingerprint density at radius 1 is 1.17 bits per heavy atom. The zero-order valence-electron chi connectivity index (χ0n) is 14.8. The molecule has 0 spiro atoms. The Kier molecular flexibility index (Phi) is 6.53. The average Bonchev–Trinajstić information content (AvgIpc) is 2.57. The molecule has 0 heterocycles. The van der Waals surface area contributed by atoms with Crippen LogP contribution in [-0.2, 0) is 9.59 Å². The number of carbonyl (C=O) groups is 2. The number of hydrazone groups is 1. The molecule has 0 unspecified atom stereocenters. The topological polar surface area (TPSA) is 70.6 Å². The molecule has 0 atom stereocenters. The van der Waals surface area contributed by atoms with Crippen LogP contribution in [0.1, 0.15) is 56.6 Å². The Labute approximate surface area is 143 Å². The van der Waals surface area contributed by atoms with Gasteiger partial charge in [-0.25, -0.2) is 5.43 Å². The standard InChI is InChI=1S/C19H27N3O2/c1-13-8-7-11-17(15(13)3)20-18(23)12-14(2)21-22-19(24)16-9-5-4-6-10-16/h7-8,11,16H,4-6,9-10,12H2,1-3H3,(H,20,23)(H,22,24)/b21-14+. The number of anilines is 1. The van der Waals surface area contributed by atoms with Crippen LogP contribution in [0.4, 0.5) is 5.69 Å². The second kappa shape index (κ2) is 8.62. The second-order valence-corrected chi connectivity index (χ2v) is 6.63. The van der Waals surface area contributed by atoms with Crippen molar-refractivity contribution in [3.8, 4) is 0 Å². The summed E-state index contributed by atoms with van der Waals surface area (Å²) >= 11 is 0. The van der Waals surface area contributed by atoms with Crippen molar-refractivity contribution in [3.05, 3.63) is 29.3 Å². The zero-order valence-corrected chi connectivity index (χ0v) is 14.8. The fourth-order valence-corrected chi connectivity index (χ4v) is 2.96. The average molecular weight is 329 g/mol. The molecule has 0 saturated heterocycles. The van der Waals surface area contributed by atoms with Crippen LogP contribution in [0.3, 0.4) is 0 Å². The summed E-state index contributed by atoms with van der Waals surface area (Å²) in [6.07, 6.45) is 5.47. The van der Waals surface area contributed by atoms with Gasteiger partial charge in [-0.15, -0.1) is 0 Å². The summed E-state index contributed by atoms with van der Waals surface area (Å²) in [7, 11) is 0. The minimum Gasteiger partial charge on any atom is -0.326 e. The largest absolute Gasteiger partial charge is 0.326 e. The number of aryl methyl sites for hydroxylation is 1. The van der Waals surface area contributed by atoms with Crippen LogP contribution in [0.2, 0.25) is 0 Å². The molecule has 1 aliphatic carbocycles. The van der Waals surface area contributed by atoms with E-state index in [0.717, 1.165) is 42.5 Å². The third-order valence-corrected chi connectivity index (χ3v) is 4.63. The van der Waals surface area contributed by atoms with Crippen molar-refractivity contribution in [2.45, 2.75) is 59.3 Å². The molecule has 0 bridgehead atoms. The van der Waals surface area contributed by atoms with Crippen LogP contribution in [0.25, 0.3) is 0 Å². The van der Waals surface area contributed by atoms with E-state index in [-0.39, 0.29) is 24.2 Å². The highest BCUT2D eigenvalue weighted by Gasteiger charge is 2.20. The number of benzene rings is 1. The molecule has 0 aromatic heterocycles. The van der Waals surface area contributed by atoms with E-state index in [1.165, 1.54) is 6.42 Å². The Hall–Kier alpha value is -2.17. The van der Waals surface area contributed by atoms with Gasteiger partial charge in [-0.1, -0.05) is 31.4 Å². The molecule has 5 heteroatoms. The van der Waals surface area contributed by atoms with Gasteiger partial charge in [0.1, 0.15) is 0 Å². The molecule has 1 aromatic carbocycles. The fourth-order valence-electron chi connectivity index (χ4n) is 2.96. The van der Waals surface area contributed by atoms with Crippen molar-refractivity contribution < 1.29 is 9.59 Å². The van der Waals surface area contributed by atoms with E-state index in [4.69, 9.17) is 0 Å². The molecule has 24 heavy (non-hydrogen) atoms. The highest BCUT2D eigenvalue weighted by molar-refractivity contribution is 6.06. The molecule has 1 fully saturated rings. The lowest BCUT2D eigenvalue weighted by Gasteiger charge is -2.19. The third-order valence-electron chi connectivity index (χ3n) is 4.63. The summed E-state index contributed by atoms with van der Waals surface area (Å²) in [5.41, 5.74) is 6.23. The molecule has 1 aromatic rings. The predicted molar refractivity (Wildman–Crippen MR) is 97.0 cm³/mol. The summed E-state index contributed by atoms with van der Waals surface area (Å²) in [6.45, 7) is 5.75. The first-order valence-corrected chi connectivity index (χ1v) is 8.66. The van der Waals surface area contributed by atoms with E-state index < -0.39 is 0 Å². The minimum atomic E-state index is -0.128. The molecular formula is C19H27N3O2. The maximum absolute atomic E-state index is 12.1. The third kappa shape index (κ3) is 5.18. The SMILES string of the molecule is C/C(CC(=O)Nc1cccc(C)c1C)=N\NC(=O)C1CCCCC1. The van der Waals surface area contributed by atoms with E-state index in [1.54, 1.807) is 6.92 Å². The highest BCUT2D eigenvalue weighted by Crippen LogP contribution is 2.23. The van der Waals surface area contributed by atoms with Crippen molar-refractivity contribution in [2.24, 2.45) is 11.0 Å². The summed E-state index contributed by atoms with van der Waals surface area (Å²) in [5.74, 6) is -0.0834. The molecule has 130 valence electrons. The highest BCUT2D eigenvalue weighted by atomic mass is 16.2. The summed E-state index contributed by atoms with van der Waals surface area (Å²) < 4.78 is 0. The van der Waals surface area contributed by atoms with E-state index in [2.05, 4.69) is 15.8 Å². The molecule has 2 N–H and O–H groups in total. The van der Waals surface area contributed by atoms with E-state index in [0.29, 0.717) is 5.71 Å². The monoisotopic (exact) mass is 329 g/mol. The molecule has 1 saturated carbocycles. The van der Waals surface area contributed by atoms with Gasteiger partial charge in [-0.05, 0) is 50.8 Å². The molecular weight excluding hydrogens is 302 g/mol. The summed E-state index contributed by atoms with van der Waals surface area (Å²) in [5, 5.41) is 6.98. The zero-order chi connectivity index (χ0) is 17.5. The normalized spacial score (nSPS) is 15.9. The van der Waals surface area contributed by atoms with Gasteiger partial charge in [-0.2, -0.15) is 5.10 Å². The molecule has 0 radical (unpaired) electrons. The fraction of sp³-hybridized carbons (Fsp3) is 0.526. The number of carbonyl (C=O) groups excluding carboxylic acids is 2. The van der Waals surface area contributed by atoms with Gasteiger partial charge in [0.15, 0.2) is 0 Å². The van der Waals surface area contributed by atoms with Crippen LogP contribution >= 0.6 is 0 Å². The quantitative estimate of drug-likeness (QED) is 0.638. The smallest absolute Gasteiger partial charge is 0.243 e. The van der Waals surface area contributed by atoms with Crippen LogP contribution in [0, 0.1) is 19.8 Å². The van der Waals surface area contributed by atoms with Crippen molar-refractivity contribution >= 4 is 23.2 Å². The lowest BCUT2D eigenvalue weighted by molar-refractivity contribution is -0.126. The summed E-state index contributed by atoms with van der Waals surface area (Å²) in [4.78, 5) is 24.2. The van der Waals surface area contributed by atoms with Gasteiger partial charge >= 0.3 is 0 Å². The number of rotatable bonds is 5. The van der Waals surface area contributed by atoms with Gasteiger partial charge in [0.2, 0.25) is 11.8 Å². The Morgan fingerprint density at radius 2 is 1.88 bits per heavy atom. The first kappa shape index (κ1) is 18.2. The Morgan fingerprint density at radius 3 is 2.58 bits per heavy atom. The molecule has 2 rings (SSSR count).